The van der Waals surface area contributed by atoms with Gasteiger partial charge in [0.2, 0.25) is 11.8 Å². The van der Waals surface area contributed by atoms with Gasteiger partial charge in [-0.1, -0.05) is 23.7 Å². The number of amides is 2. The predicted molar refractivity (Wildman–Crippen MR) is 92.0 cm³/mol. The number of hydrogen-bond donors (Lipinski definition) is 1. The van der Waals surface area contributed by atoms with Crippen molar-refractivity contribution in [2.24, 2.45) is 11.8 Å². The van der Waals surface area contributed by atoms with Crippen molar-refractivity contribution < 1.29 is 19.5 Å². The van der Waals surface area contributed by atoms with E-state index in [4.69, 9.17) is 16.7 Å². The molecule has 0 aliphatic carbocycles. The van der Waals surface area contributed by atoms with Crippen LogP contribution in [-0.2, 0) is 14.4 Å². The smallest absolute Gasteiger partial charge is 0.306 e. The topological polar surface area (TPSA) is 77.9 Å². The lowest BCUT2D eigenvalue weighted by molar-refractivity contribution is -0.147. The fraction of sp³-hybridized carbons (Fsp3) is 0.500. The van der Waals surface area contributed by atoms with E-state index in [1.807, 2.05) is 12.1 Å². The molecule has 2 heterocycles. The van der Waals surface area contributed by atoms with Gasteiger partial charge < -0.3 is 14.9 Å². The van der Waals surface area contributed by atoms with E-state index in [-0.39, 0.29) is 30.2 Å². The van der Waals surface area contributed by atoms with Gasteiger partial charge in [-0.25, -0.2) is 0 Å². The molecule has 7 heteroatoms. The largest absolute Gasteiger partial charge is 0.481 e. The van der Waals surface area contributed by atoms with Gasteiger partial charge in [-0.15, -0.1) is 0 Å². The van der Waals surface area contributed by atoms with Gasteiger partial charge in [0.1, 0.15) is 0 Å². The van der Waals surface area contributed by atoms with Crippen LogP contribution in [0.25, 0.3) is 0 Å². The number of likely N-dealkylation sites (tertiary alicyclic amines) is 2. The summed E-state index contributed by atoms with van der Waals surface area (Å²) in [6.45, 7) is 0.846. The van der Waals surface area contributed by atoms with E-state index < -0.39 is 11.9 Å². The van der Waals surface area contributed by atoms with Crippen LogP contribution in [-0.4, -0.2) is 52.8 Å². The molecule has 2 aliphatic heterocycles. The standard InChI is InChI=1S/C18H21ClN2O4/c1-20-15(22)10-14(16(20)12-3-2-4-13(19)9-12)17(23)21-7-5-11(6-8-21)18(24)25/h2-4,9,11,14,16H,5-8,10H2,1H3,(H,24,25)/t14-,16+/m0/s1. The first kappa shape index (κ1) is 17.7. The van der Waals surface area contributed by atoms with Gasteiger partial charge in [0.15, 0.2) is 0 Å². The molecule has 1 N–H and O–H groups in total. The fourth-order valence-electron chi connectivity index (χ4n) is 3.82. The van der Waals surface area contributed by atoms with Gasteiger partial charge in [0, 0.05) is 31.6 Å². The zero-order valence-corrected chi connectivity index (χ0v) is 14.8. The molecule has 0 bridgehead atoms. The number of benzene rings is 1. The minimum absolute atomic E-state index is 0.0660. The van der Waals surface area contributed by atoms with E-state index in [0.717, 1.165) is 5.56 Å². The molecule has 0 unspecified atom stereocenters. The maximum Gasteiger partial charge on any atom is 0.306 e. The Labute approximate surface area is 151 Å². The molecule has 1 aromatic rings. The maximum atomic E-state index is 13.0. The van der Waals surface area contributed by atoms with Crippen LogP contribution in [0.5, 0.6) is 0 Å². The van der Waals surface area contributed by atoms with Crippen molar-refractivity contribution in [1.29, 1.82) is 0 Å². The van der Waals surface area contributed by atoms with Gasteiger partial charge >= 0.3 is 5.97 Å². The van der Waals surface area contributed by atoms with Gasteiger partial charge in [-0.2, -0.15) is 0 Å². The average molecular weight is 365 g/mol. The number of carbonyl (C=O) groups is 3. The number of carboxylic acids is 1. The van der Waals surface area contributed by atoms with E-state index in [2.05, 4.69) is 0 Å². The molecule has 25 heavy (non-hydrogen) atoms. The van der Waals surface area contributed by atoms with Gasteiger partial charge in [-0.3, -0.25) is 14.4 Å². The van der Waals surface area contributed by atoms with Crippen LogP contribution >= 0.6 is 11.6 Å². The van der Waals surface area contributed by atoms with Crippen LogP contribution in [0.2, 0.25) is 5.02 Å². The molecular formula is C18H21ClN2O4. The molecule has 0 spiro atoms. The van der Waals surface area contributed by atoms with Gasteiger partial charge in [0.25, 0.3) is 0 Å². The van der Waals surface area contributed by atoms with E-state index in [1.165, 1.54) is 0 Å². The summed E-state index contributed by atoms with van der Waals surface area (Å²) >= 11 is 6.07. The van der Waals surface area contributed by atoms with Crippen molar-refractivity contribution in [2.45, 2.75) is 25.3 Å². The Morgan fingerprint density at radius 2 is 1.92 bits per heavy atom. The zero-order valence-electron chi connectivity index (χ0n) is 14.0. The van der Waals surface area contributed by atoms with Gasteiger partial charge in [0.05, 0.1) is 17.9 Å². The minimum Gasteiger partial charge on any atom is -0.481 e. The SMILES string of the molecule is CN1C(=O)C[C@H](C(=O)N2CCC(C(=O)O)CC2)[C@H]1c1cccc(Cl)c1. The van der Waals surface area contributed by atoms with Crippen LogP contribution in [0.1, 0.15) is 30.9 Å². The third-order valence-electron chi connectivity index (χ3n) is 5.25. The first-order valence-corrected chi connectivity index (χ1v) is 8.79. The molecule has 0 saturated carbocycles. The van der Waals surface area contributed by atoms with Crippen LogP contribution in [0.3, 0.4) is 0 Å². The van der Waals surface area contributed by atoms with E-state index >= 15 is 0 Å². The molecule has 1 aromatic carbocycles. The molecule has 2 amide bonds. The number of nitrogens with zero attached hydrogens (tertiary/aromatic N) is 2. The molecule has 2 aliphatic rings. The third kappa shape index (κ3) is 3.49. The second-order valence-electron chi connectivity index (χ2n) is 6.75. The number of rotatable bonds is 3. The second-order valence-corrected chi connectivity index (χ2v) is 7.19. The van der Waals surface area contributed by atoms with Crippen molar-refractivity contribution in [2.75, 3.05) is 20.1 Å². The molecule has 0 radical (unpaired) electrons. The second kappa shape index (κ2) is 7.04. The summed E-state index contributed by atoms with van der Waals surface area (Å²) < 4.78 is 0. The van der Waals surface area contributed by atoms with Crippen LogP contribution in [0.4, 0.5) is 0 Å². The first-order valence-electron chi connectivity index (χ1n) is 8.41. The number of halogens is 1. The number of hydrogen-bond acceptors (Lipinski definition) is 3. The number of piperidine rings is 1. The third-order valence-corrected chi connectivity index (χ3v) is 5.48. The summed E-state index contributed by atoms with van der Waals surface area (Å²) in [6.07, 6.45) is 1.09. The van der Waals surface area contributed by atoms with Gasteiger partial charge in [-0.05, 0) is 30.5 Å². The minimum atomic E-state index is -0.806. The Kier molecular flexibility index (Phi) is 4.99. The Morgan fingerprint density at radius 3 is 2.52 bits per heavy atom. The highest BCUT2D eigenvalue weighted by molar-refractivity contribution is 6.30. The predicted octanol–water partition coefficient (Wildman–Crippen LogP) is 2.18. The Hall–Kier alpha value is -2.08. The van der Waals surface area contributed by atoms with Crippen molar-refractivity contribution in [3.05, 3.63) is 34.9 Å². The molecule has 6 nitrogen and oxygen atoms in total. The molecule has 2 atom stereocenters. The van der Waals surface area contributed by atoms with E-state index in [9.17, 15) is 14.4 Å². The highest BCUT2D eigenvalue weighted by Gasteiger charge is 2.44. The number of carbonyl (C=O) groups excluding carboxylic acids is 2. The maximum absolute atomic E-state index is 13.0. The highest BCUT2D eigenvalue weighted by atomic mass is 35.5. The Balaban J connectivity index is 1.79. The van der Waals surface area contributed by atoms with Crippen LogP contribution in [0.15, 0.2) is 24.3 Å². The van der Waals surface area contributed by atoms with E-state index in [1.54, 1.807) is 29.0 Å². The summed E-state index contributed by atoms with van der Waals surface area (Å²) in [7, 11) is 1.71. The van der Waals surface area contributed by atoms with Crippen molar-refractivity contribution >= 4 is 29.4 Å². The van der Waals surface area contributed by atoms with Crippen molar-refractivity contribution in [3.63, 3.8) is 0 Å². The fourth-order valence-corrected chi connectivity index (χ4v) is 4.02. The first-order chi connectivity index (χ1) is 11.9. The quantitative estimate of drug-likeness (QED) is 0.891. The Bertz CT molecular complexity index is 700. The Morgan fingerprint density at radius 1 is 1.24 bits per heavy atom. The van der Waals surface area contributed by atoms with E-state index in [0.29, 0.717) is 31.0 Å². The summed E-state index contributed by atoms with van der Waals surface area (Å²) in [4.78, 5) is 39.6. The molecule has 0 aromatic heterocycles. The summed E-state index contributed by atoms with van der Waals surface area (Å²) in [5.74, 6) is -1.80. The van der Waals surface area contributed by atoms with Crippen LogP contribution < -0.4 is 0 Å². The molecule has 2 saturated heterocycles. The molecule has 3 rings (SSSR count). The summed E-state index contributed by atoms with van der Waals surface area (Å²) in [5, 5.41) is 9.66. The monoisotopic (exact) mass is 364 g/mol. The lowest BCUT2D eigenvalue weighted by atomic mass is 9.90. The number of carboxylic acid groups (broad SMARTS) is 1. The highest BCUT2D eigenvalue weighted by Crippen LogP contribution is 2.39. The van der Waals surface area contributed by atoms with Crippen LogP contribution in [0, 0.1) is 11.8 Å². The summed E-state index contributed by atoms with van der Waals surface area (Å²) in [6, 6.07) is 6.90. The lowest BCUT2D eigenvalue weighted by Crippen LogP contribution is -2.44. The normalized spacial score (nSPS) is 24.6. The molecular weight excluding hydrogens is 344 g/mol. The zero-order chi connectivity index (χ0) is 18.1. The molecule has 134 valence electrons. The average Bonchev–Trinajstić information content (AvgIpc) is 2.89. The van der Waals surface area contributed by atoms with Crippen molar-refractivity contribution in [3.8, 4) is 0 Å². The number of aliphatic carboxylic acids is 1. The molecule has 2 fully saturated rings. The summed E-state index contributed by atoms with van der Waals surface area (Å²) in [5.41, 5.74) is 0.847. The van der Waals surface area contributed by atoms with Crippen molar-refractivity contribution in [1.82, 2.24) is 9.80 Å². The lowest BCUT2D eigenvalue weighted by Gasteiger charge is -2.34.